The zero-order valence-corrected chi connectivity index (χ0v) is 26.3. The van der Waals surface area contributed by atoms with E-state index in [1.54, 1.807) is 24.4 Å². The number of sulfonamides is 1. The average molecular weight is 613 g/mol. The van der Waals surface area contributed by atoms with Gasteiger partial charge in [-0.1, -0.05) is 6.07 Å². The van der Waals surface area contributed by atoms with Crippen LogP contribution in [-0.2, 0) is 21.3 Å². The van der Waals surface area contributed by atoms with E-state index in [0.29, 0.717) is 67.9 Å². The molecule has 1 aromatic carbocycles. The number of nitrogens with one attached hydrogen (secondary N) is 1. The molecule has 10 nitrogen and oxygen atoms in total. The molecule has 0 radical (unpaired) electrons. The topological polar surface area (TPSA) is 100 Å². The van der Waals surface area contributed by atoms with Gasteiger partial charge in [0.15, 0.2) is 4.90 Å². The highest BCUT2D eigenvalue weighted by Crippen LogP contribution is 2.30. The number of rotatable bonds is 9. The Bertz CT molecular complexity index is 1520. The molecular weight excluding hydrogens is 571 g/mol. The van der Waals surface area contributed by atoms with Crippen molar-refractivity contribution in [2.45, 2.75) is 57.3 Å². The molecule has 2 saturated heterocycles. The largest absolute Gasteiger partial charge is 0.480 e. The summed E-state index contributed by atoms with van der Waals surface area (Å²) in [7, 11) is -2.72. The van der Waals surface area contributed by atoms with Gasteiger partial charge in [-0.25, -0.2) is 17.8 Å². The minimum atomic E-state index is -4.09. The number of benzene rings is 1. The summed E-state index contributed by atoms with van der Waals surface area (Å²) in [5.74, 6) is -0.425. The van der Waals surface area contributed by atoms with Gasteiger partial charge in [-0.3, -0.25) is 19.5 Å². The number of piperazine rings is 1. The summed E-state index contributed by atoms with van der Waals surface area (Å²) in [5.41, 5.74) is 2.41. The number of pyridine rings is 2. The molecule has 0 unspecified atom stereocenters. The summed E-state index contributed by atoms with van der Waals surface area (Å²) < 4.78 is 55.7. The molecule has 232 valence electrons. The van der Waals surface area contributed by atoms with E-state index < -0.39 is 15.8 Å². The maximum Gasteiger partial charge on any atom is 0.267 e. The fraction of sp³-hybridized carbons (Fsp3) is 0.484. The highest BCUT2D eigenvalue weighted by atomic mass is 32.2. The Kier molecular flexibility index (Phi) is 9.50. The molecule has 0 amide bonds. The van der Waals surface area contributed by atoms with Crippen molar-refractivity contribution >= 4 is 21.4 Å². The lowest BCUT2D eigenvalue weighted by molar-refractivity contribution is 0.0132. The van der Waals surface area contributed by atoms with Crippen LogP contribution in [0.2, 0.25) is 0 Å². The van der Waals surface area contributed by atoms with Crippen molar-refractivity contribution in [3.8, 4) is 17.1 Å². The molecule has 43 heavy (non-hydrogen) atoms. The summed E-state index contributed by atoms with van der Waals surface area (Å²) in [6.45, 7) is 13.8. The monoisotopic (exact) mass is 612 g/mol. The van der Waals surface area contributed by atoms with Crippen LogP contribution in [0, 0.1) is 5.82 Å². The first kappa shape index (κ1) is 31.1. The van der Waals surface area contributed by atoms with E-state index in [2.05, 4.69) is 52.2 Å². The molecule has 2 atom stereocenters. The zero-order chi connectivity index (χ0) is 30.7. The van der Waals surface area contributed by atoms with Gasteiger partial charge in [0.25, 0.3) is 10.0 Å². The quantitative estimate of drug-likeness (QED) is 0.381. The van der Waals surface area contributed by atoms with Gasteiger partial charge in [-0.05, 0) is 63.6 Å². The van der Waals surface area contributed by atoms with Gasteiger partial charge >= 0.3 is 0 Å². The second-order valence-electron chi connectivity index (χ2n) is 11.6. The SMILES string of the molecule is COc1ncc(N2CCOCC2)cc1S(=O)(=O)Nc1ccnc(-c2ccc(CN3C[C@@H](C)N(C(C)C)[C@@H](C)C3)cc2F)c1. The molecule has 3 aromatic rings. The third kappa shape index (κ3) is 7.09. The predicted octanol–water partition coefficient (Wildman–Crippen LogP) is 4.23. The van der Waals surface area contributed by atoms with Crippen molar-refractivity contribution in [1.82, 2.24) is 19.8 Å². The van der Waals surface area contributed by atoms with E-state index >= 15 is 4.39 Å². The fourth-order valence-electron chi connectivity index (χ4n) is 6.33. The third-order valence-electron chi connectivity index (χ3n) is 8.05. The van der Waals surface area contributed by atoms with Gasteiger partial charge in [0.05, 0.1) is 43.6 Å². The number of anilines is 2. The average Bonchev–Trinajstić information content (AvgIpc) is 2.96. The Morgan fingerprint density at radius 1 is 1.07 bits per heavy atom. The summed E-state index contributed by atoms with van der Waals surface area (Å²) in [6.07, 6.45) is 3.05. The second-order valence-corrected chi connectivity index (χ2v) is 13.2. The number of morpholine rings is 1. The molecule has 1 N–H and O–H groups in total. The van der Waals surface area contributed by atoms with Gasteiger partial charge in [0, 0.05) is 62.6 Å². The molecule has 0 bridgehead atoms. The number of nitrogens with zero attached hydrogens (tertiary/aromatic N) is 5. The van der Waals surface area contributed by atoms with Gasteiger partial charge in [0.1, 0.15) is 5.82 Å². The van der Waals surface area contributed by atoms with Crippen LogP contribution < -0.4 is 14.4 Å². The lowest BCUT2D eigenvalue weighted by atomic mass is 10.0. The van der Waals surface area contributed by atoms with Crippen LogP contribution in [-0.4, -0.2) is 92.8 Å². The molecular formula is C31H41FN6O4S. The summed E-state index contributed by atoms with van der Waals surface area (Å²) in [4.78, 5) is 15.4. The van der Waals surface area contributed by atoms with E-state index in [1.807, 2.05) is 11.0 Å². The first-order valence-corrected chi connectivity index (χ1v) is 16.2. The van der Waals surface area contributed by atoms with E-state index in [9.17, 15) is 8.42 Å². The summed E-state index contributed by atoms with van der Waals surface area (Å²) in [6, 6.07) is 11.1. The van der Waals surface area contributed by atoms with Crippen LogP contribution in [0.1, 0.15) is 33.3 Å². The highest BCUT2D eigenvalue weighted by molar-refractivity contribution is 7.92. The molecule has 0 saturated carbocycles. The van der Waals surface area contributed by atoms with Crippen LogP contribution in [0.4, 0.5) is 15.8 Å². The molecule has 2 aromatic heterocycles. The van der Waals surface area contributed by atoms with Crippen molar-refractivity contribution in [1.29, 1.82) is 0 Å². The summed E-state index contributed by atoms with van der Waals surface area (Å²) in [5, 5.41) is 0. The van der Waals surface area contributed by atoms with E-state index in [0.717, 1.165) is 18.7 Å². The maximum absolute atomic E-state index is 15.4. The van der Waals surface area contributed by atoms with E-state index in [4.69, 9.17) is 9.47 Å². The molecule has 0 aliphatic carbocycles. The Morgan fingerprint density at radius 2 is 1.79 bits per heavy atom. The Hall–Kier alpha value is -3.32. The van der Waals surface area contributed by atoms with Crippen molar-refractivity contribution in [3.63, 3.8) is 0 Å². The zero-order valence-electron chi connectivity index (χ0n) is 25.5. The van der Waals surface area contributed by atoms with Crippen LogP contribution in [0.15, 0.2) is 53.7 Å². The van der Waals surface area contributed by atoms with Crippen molar-refractivity contribution < 1.29 is 22.3 Å². The minimum Gasteiger partial charge on any atom is -0.480 e. The number of methoxy groups -OCH3 is 1. The van der Waals surface area contributed by atoms with Crippen LogP contribution in [0.3, 0.4) is 0 Å². The molecule has 12 heteroatoms. The third-order valence-corrected chi connectivity index (χ3v) is 9.43. The second kappa shape index (κ2) is 13.1. The van der Waals surface area contributed by atoms with Crippen LogP contribution in [0.25, 0.3) is 11.3 Å². The molecule has 2 aliphatic rings. The van der Waals surface area contributed by atoms with Crippen molar-refractivity contribution in [3.05, 3.63) is 60.2 Å². The molecule has 4 heterocycles. The molecule has 2 fully saturated rings. The predicted molar refractivity (Wildman–Crippen MR) is 165 cm³/mol. The van der Waals surface area contributed by atoms with E-state index in [-0.39, 0.29) is 16.5 Å². The van der Waals surface area contributed by atoms with Gasteiger partial charge < -0.3 is 14.4 Å². The fourth-order valence-corrected chi connectivity index (χ4v) is 7.52. The highest BCUT2D eigenvalue weighted by Gasteiger charge is 2.31. The van der Waals surface area contributed by atoms with Crippen molar-refractivity contribution in [2.75, 3.05) is 56.1 Å². The molecule has 5 rings (SSSR count). The van der Waals surface area contributed by atoms with Crippen molar-refractivity contribution in [2.24, 2.45) is 0 Å². The Morgan fingerprint density at radius 3 is 2.44 bits per heavy atom. The standard InChI is InChI=1S/C31H41FN6O4S/c1-21(2)38-22(3)18-36(19-23(38)4)20-24-6-7-27(28(32)14-24)29-15-25(8-9-33-29)35-43(39,40)30-16-26(17-34-31(30)41-5)37-10-12-42-13-11-37/h6-9,14-17,21-23H,10-13,18-20H2,1-5H3,(H,33,35)/t22-,23+. The Balaban J connectivity index is 1.32. The number of halogens is 1. The van der Waals surface area contributed by atoms with Gasteiger partial charge in [-0.2, -0.15) is 0 Å². The number of aromatic nitrogens is 2. The lowest BCUT2D eigenvalue weighted by Crippen LogP contribution is -2.58. The lowest BCUT2D eigenvalue weighted by Gasteiger charge is -2.46. The number of ether oxygens (including phenoxy) is 2. The molecule has 2 aliphatic heterocycles. The van der Waals surface area contributed by atoms with Crippen LogP contribution >= 0.6 is 0 Å². The van der Waals surface area contributed by atoms with Gasteiger partial charge in [-0.15, -0.1) is 0 Å². The number of hydrogen-bond donors (Lipinski definition) is 1. The van der Waals surface area contributed by atoms with Crippen LogP contribution in [0.5, 0.6) is 5.88 Å². The normalized spacial score (nSPS) is 20.4. The van der Waals surface area contributed by atoms with E-state index in [1.165, 1.54) is 25.4 Å². The summed E-state index contributed by atoms with van der Waals surface area (Å²) >= 11 is 0. The number of hydrogen-bond acceptors (Lipinski definition) is 9. The maximum atomic E-state index is 15.4. The Labute approximate surface area is 253 Å². The molecule has 0 spiro atoms. The first-order chi connectivity index (χ1) is 20.6. The van der Waals surface area contributed by atoms with Gasteiger partial charge in [0.2, 0.25) is 5.88 Å². The smallest absolute Gasteiger partial charge is 0.267 e. The first-order valence-electron chi connectivity index (χ1n) is 14.7. The minimum absolute atomic E-state index is 0.0187.